The van der Waals surface area contributed by atoms with Gasteiger partial charge >= 0.3 is 0 Å². The van der Waals surface area contributed by atoms with Crippen LogP contribution in [0.5, 0.6) is 0 Å². The third kappa shape index (κ3) is 5.14. The number of aliphatic hydroxyl groups excluding tert-OH is 1. The van der Waals surface area contributed by atoms with E-state index in [1.54, 1.807) is 42.5 Å². The van der Waals surface area contributed by atoms with Crippen molar-refractivity contribution in [3.8, 4) is 6.07 Å². The number of rotatable bonds is 6. The summed E-state index contributed by atoms with van der Waals surface area (Å²) in [7, 11) is 0. The van der Waals surface area contributed by atoms with Gasteiger partial charge in [0.05, 0.1) is 41.6 Å². The van der Waals surface area contributed by atoms with Crippen molar-refractivity contribution in [3.63, 3.8) is 0 Å². The number of carbonyl (C=O) groups excluding carboxylic acids is 1. The second kappa shape index (κ2) is 11.3. The smallest absolute Gasteiger partial charge is 0.257 e. The number of hydrogen-bond acceptors (Lipinski definition) is 5. The third-order valence-corrected chi connectivity index (χ3v) is 7.21. The molecule has 0 spiro atoms. The first-order chi connectivity index (χ1) is 17.8. The van der Waals surface area contributed by atoms with E-state index in [1.165, 1.54) is 17.2 Å². The number of aromatic nitrogens is 1. The third-order valence-electron chi connectivity index (χ3n) is 6.50. The number of ether oxygens (including phenoxy) is 1. The van der Waals surface area contributed by atoms with Crippen LogP contribution < -0.4 is 0 Å². The molecule has 0 bridgehead atoms. The van der Waals surface area contributed by atoms with E-state index in [4.69, 9.17) is 21.6 Å². The van der Waals surface area contributed by atoms with E-state index >= 15 is 4.39 Å². The molecule has 1 saturated carbocycles. The van der Waals surface area contributed by atoms with Crippen LogP contribution >= 0.6 is 27.5 Å². The molecule has 3 aromatic rings. The molecule has 1 aliphatic heterocycles. The summed E-state index contributed by atoms with van der Waals surface area (Å²) in [6.45, 7) is 4.24. The minimum Gasteiger partial charge on any atom is -0.393 e. The number of nitriles is 1. The fourth-order valence-corrected chi connectivity index (χ4v) is 5.28. The molecule has 1 N–H and O–H groups in total. The maximum Gasteiger partial charge on any atom is 0.257 e. The molecule has 6 nitrogen and oxygen atoms in total. The zero-order chi connectivity index (χ0) is 26.7. The molecule has 37 heavy (non-hydrogen) atoms. The monoisotopic (exact) mass is 585 g/mol. The van der Waals surface area contributed by atoms with Crippen LogP contribution in [0, 0.1) is 23.1 Å². The lowest BCUT2D eigenvalue weighted by Gasteiger charge is -2.42. The lowest BCUT2D eigenvalue weighted by Crippen LogP contribution is -2.48. The number of nitrogens with zero attached hydrogens (tertiary/aromatic N) is 3. The Labute approximate surface area is 228 Å². The summed E-state index contributed by atoms with van der Waals surface area (Å²) in [4.78, 5) is 19.6. The van der Waals surface area contributed by atoms with Crippen LogP contribution in [0.3, 0.4) is 0 Å². The summed E-state index contributed by atoms with van der Waals surface area (Å²) in [5.41, 5.74) is 0.200. The van der Waals surface area contributed by atoms with E-state index in [2.05, 4.69) is 20.9 Å². The van der Waals surface area contributed by atoms with Crippen molar-refractivity contribution in [1.29, 1.82) is 5.26 Å². The molecule has 1 fully saturated rings. The molecule has 9 heteroatoms. The second-order valence-electron chi connectivity index (χ2n) is 8.80. The van der Waals surface area contributed by atoms with Crippen LogP contribution in [-0.2, 0) is 17.0 Å². The molecule has 0 saturated heterocycles. The molecule has 2 heterocycles. The standard InChI is InChI=1S/C26H20BrClFN3O3.C2H6/c27-18-9-22-24(23(29)10-18)26(17-2-4-19(28)5-3-17,35-14-16-7-21(33)8-16)32(25(22)34)13-20-6-1-15(11-30)12-31-20;1-2/h1-6,9-10,12,16,21,33H,7-8,13-14H2;1-2H3. The van der Waals surface area contributed by atoms with Crippen molar-refractivity contribution in [1.82, 2.24) is 9.88 Å². The maximum absolute atomic E-state index is 15.7. The van der Waals surface area contributed by atoms with Gasteiger partial charge in [0.15, 0.2) is 5.72 Å². The Balaban J connectivity index is 0.00000156. The normalized spacial score (nSPS) is 22.0. The van der Waals surface area contributed by atoms with Crippen LogP contribution in [0.4, 0.5) is 4.39 Å². The summed E-state index contributed by atoms with van der Waals surface area (Å²) in [6.07, 6.45) is 2.22. The van der Waals surface area contributed by atoms with Gasteiger partial charge in [-0.2, -0.15) is 5.26 Å². The van der Waals surface area contributed by atoms with Crippen molar-refractivity contribution in [2.45, 2.75) is 45.1 Å². The second-order valence-corrected chi connectivity index (χ2v) is 10.2. The Kier molecular flexibility index (Phi) is 8.29. The molecule has 2 aromatic carbocycles. The number of aliphatic hydroxyl groups is 1. The minimum absolute atomic E-state index is 0.0200. The zero-order valence-electron chi connectivity index (χ0n) is 20.4. The molecule has 192 valence electrons. The van der Waals surface area contributed by atoms with Gasteiger partial charge in [0.2, 0.25) is 0 Å². The number of hydrogen-bond donors (Lipinski definition) is 1. The highest BCUT2D eigenvalue weighted by molar-refractivity contribution is 9.10. The van der Waals surface area contributed by atoms with Crippen LogP contribution in [0.1, 0.15) is 59.4 Å². The van der Waals surface area contributed by atoms with Crippen molar-refractivity contribution >= 4 is 33.4 Å². The number of pyridine rings is 1. The molecule has 1 aliphatic carbocycles. The van der Waals surface area contributed by atoms with Gasteiger partial charge < -0.3 is 9.84 Å². The predicted octanol–water partition coefficient (Wildman–Crippen LogP) is 6.18. The van der Waals surface area contributed by atoms with Gasteiger partial charge in [-0.3, -0.25) is 14.7 Å². The lowest BCUT2D eigenvalue weighted by atomic mass is 9.83. The Bertz CT molecular complexity index is 1320. The quantitative estimate of drug-likeness (QED) is 0.373. The average Bonchev–Trinajstić information content (AvgIpc) is 3.11. The summed E-state index contributed by atoms with van der Waals surface area (Å²) >= 11 is 9.45. The van der Waals surface area contributed by atoms with Crippen LogP contribution in [-0.4, -0.2) is 33.6 Å². The van der Waals surface area contributed by atoms with Crippen molar-refractivity contribution in [2.24, 2.45) is 5.92 Å². The molecule has 1 atom stereocenters. The van der Waals surface area contributed by atoms with Crippen LogP contribution in [0.2, 0.25) is 5.02 Å². The highest BCUT2D eigenvalue weighted by atomic mass is 79.9. The zero-order valence-corrected chi connectivity index (χ0v) is 22.8. The molecular weight excluding hydrogens is 561 g/mol. The molecule has 1 aromatic heterocycles. The first-order valence-corrected chi connectivity index (χ1v) is 13.2. The van der Waals surface area contributed by atoms with Gasteiger partial charge in [-0.15, -0.1) is 0 Å². The molecule has 5 rings (SSSR count). The highest BCUT2D eigenvalue weighted by Gasteiger charge is 2.54. The number of halogens is 3. The van der Waals surface area contributed by atoms with Gasteiger partial charge in [-0.1, -0.05) is 53.5 Å². The van der Waals surface area contributed by atoms with E-state index < -0.39 is 17.4 Å². The lowest BCUT2D eigenvalue weighted by molar-refractivity contribution is -0.139. The largest absolute Gasteiger partial charge is 0.393 e. The molecule has 0 radical (unpaired) electrons. The van der Waals surface area contributed by atoms with Gasteiger partial charge in [-0.25, -0.2) is 4.39 Å². The molecule has 1 amide bonds. The summed E-state index contributed by atoms with van der Waals surface area (Å²) in [6, 6.07) is 15.0. The number of carbonyl (C=O) groups is 1. The first kappa shape index (κ1) is 27.2. The molecular formula is C28H26BrClFN3O3. The predicted molar refractivity (Wildman–Crippen MR) is 141 cm³/mol. The average molecular weight is 587 g/mol. The van der Waals surface area contributed by atoms with E-state index in [-0.39, 0.29) is 36.3 Å². The van der Waals surface area contributed by atoms with Gasteiger partial charge in [0, 0.05) is 21.3 Å². The van der Waals surface area contributed by atoms with Gasteiger partial charge in [-0.05, 0) is 55.2 Å². The Hall–Kier alpha value is -2.83. The number of fused-ring (bicyclic) bond motifs is 1. The van der Waals surface area contributed by atoms with Crippen LogP contribution in [0.25, 0.3) is 0 Å². The summed E-state index contributed by atoms with van der Waals surface area (Å²) in [5.74, 6) is -0.904. The topological polar surface area (TPSA) is 86.5 Å². The Morgan fingerprint density at radius 2 is 1.95 bits per heavy atom. The van der Waals surface area contributed by atoms with Crippen molar-refractivity contribution in [2.75, 3.05) is 6.61 Å². The maximum atomic E-state index is 15.7. The van der Waals surface area contributed by atoms with Crippen LogP contribution in [0.15, 0.2) is 59.2 Å². The van der Waals surface area contributed by atoms with E-state index in [9.17, 15) is 9.90 Å². The van der Waals surface area contributed by atoms with E-state index in [1.807, 2.05) is 19.9 Å². The van der Waals surface area contributed by atoms with Crippen molar-refractivity contribution in [3.05, 3.63) is 98.0 Å². The first-order valence-electron chi connectivity index (χ1n) is 12.1. The Morgan fingerprint density at radius 1 is 1.24 bits per heavy atom. The fourth-order valence-electron chi connectivity index (χ4n) is 4.72. The minimum atomic E-state index is -1.57. The molecule has 2 aliphatic rings. The summed E-state index contributed by atoms with van der Waals surface area (Å²) < 4.78 is 22.6. The van der Waals surface area contributed by atoms with E-state index in [0.29, 0.717) is 39.2 Å². The highest BCUT2D eigenvalue weighted by Crippen LogP contribution is 2.49. The van der Waals surface area contributed by atoms with Gasteiger partial charge in [0.25, 0.3) is 5.91 Å². The van der Waals surface area contributed by atoms with Gasteiger partial charge in [0.1, 0.15) is 11.9 Å². The number of benzene rings is 2. The Morgan fingerprint density at radius 3 is 2.54 bits per heavy atom. The van der Waals surface area contributed by atoms with Crippen molar-refractivity contribution < 1.29 is 19.0 Å². The SMILES string of the molecule is CC.N#Cc1ccc(CN2C(=O)c3cc(Br)cc(F)c3C2(OCC2CC(O)C2)c2ccc(Cl)cc2)nc1. The summed E-state index contributed by atoms with van der Waals surface area (Å²) in [5, 5.41) is 19.4. The fraction of sp³-hybridized carbons (Fsp3) is 0.321. The molecule has 1 unspecified atom stereocenters. The number of amides is 1. The van der Waals surface area contributed by atoms with E-state index in [0.717, 1.165) is 0 Å².